The van der Waals surface area contributed by atoms with Crippen LogP contribution in [0.15, 0.2) is 65.6 Å². The molecule has 5 nitrogen and oxygen atoms in total. The molecule has 0 radical (unpaired) electrons. The lowest BCUT2D eigenvalue weighted by Gasteiger charge is -2.15. The zero-order valence-electron chi connectivity index (χ0n) is 18.8. The van der Waals surface area contributed by atoms with Crippen LogP contribution in [0.1, 0.15) is 16.7 Å². The van der Waals surface area contributed by atoms with Gasteiger partial charge in [-0.15, -0.1) is 0 Å². The van der Waals surface area contributed by atoms with E-state index in [0.29, 0.717) is 30.7 Å². The average Bonchev–Trinajstić information content (AvgIpc) is 3.10. The Morgan fingerprint density at radius 3 is 2.46 bits per heavy atom. The van der Waals surface area contributed by atoms with Gasteiger partial charge in [-0.05, 0) is 79.1 Å². The molecule has 0 atom stereocenters. The van der Waals surface area contributed by atoms with Gasteiger partial charge in [-0.2, -0.15) is 0 Å². The minimum atomic E-state index is -0.331. The predicted octanol–water partition coefficient (Wildman–Crippen LogP) is 7.03. The highest BCUT2D eigenvalue weighted by Gasteiger charge is 2.33. The van der Waals surface area contributed by atoms with E-state index < -0.39 is 0 Å². The fraction of sp³-hybridized carbons (Fsp3) is 0.115. The molecule has 1 heterocycles. The summed E-state index contributed by atoms with van der Waals surface area (Å²) in [5.74, 6) is 0.0409. The van der Waals surface area contributed by atoms with Gasteiger partial charge in [-0.3, -0.25) is 14.5 Å². The maximum Gasteiger partial charge on any atom is 0.270 e. The van der Waals surface area contributed by atoms with Crippen molar-refractivity contribution in [2.45, 2.75) is 13.8 Å². The van der Waals surface area contributed by atoms with Gasteiger partial charge >= 0.3 is 0 Å². The van der Waals surface area contributed by atoms with Gasteiger partial charge in [0.15, 0.2) is 10.9 Å². The Kier molecular flexibility index (Phi) is 7.82. The summed E-state index contributed by atoms with van der Waals surface area (Å²) < 4.78 is 6.06. The highest BCUT2D eigenvalue weighted by Crippen LogP contribution is 2.36. The van der Waals surface area contributed by atoms with Crippen molar-refractivity contribution in [3.63, 3.8) is 0 Å². The molecule has 1 saturated heterocycles. The Morgan fingerprint density at radius 2 is 1.77 bits per heavy atom. The molecule has 35 heavy (non-hydrogen) atoms. The summed E-state index contributed by atoms with van der Waals surface area (Å²) in [7, 11) is 0. The molecular formula is C26H20Cl2N2O3S2. The molecule has 0 unspecified atom stereocenters. The molecular weight excluding hydrogens is 523 g/mol. The van der Waals surface area contributed by atoms with Gasteiger partial charge in [-0.1, -0.05) is 65.4 Å². The minimum absolute atomic E-state index is 0.150. The van der Waals surface area contributed by atoms with Crippen molar-refractivity contribution in [3.8, 4) is 5.75 Å². The smallest absolute Gasteiger partial charge is 0.270 e. The van der Waals surface area contributed by atoms with E-state index in [4.69, 9.17) is 40.2 Å². The van der Waals surface area contributed by atoms with Gasteiger partial charge in [0.05, 0.1) is 20.6 Å². The van der Waals surface area contributed by atoms with Gasteiger partial charge in [0.1, 0.15) is 5.75 Å². The predicted molar refractivity (Wildman–Crippen MR) is 149 cm³/mol. The standard InChI is InChI=1S/C26H20Cl2N2O3S2/c1-15-3-7-19(11-16(15)2)30-25(32)23(35-26(30)34)12-17-4-8-20(9-5-17)33-14-24(31)29-18-6-10-21(27)22(28)13-18/h3-13H,14H2,1-2H3,(H,29,31)/b23-12-. The van der Waals surface area contributed by atoms with E-state index in [9.17, 15) is 9.59 Å². The first-order valence-electron chi connectivity index (χ1n) is 10.5. The van der Waals surface area contributed by atoms with Crippen LogP contribution in [0.3, 0.4) is 0 Å². The Hall–Kier alpha value is -2.84. The second-order valence-electron chi connectivity index (χ2n) is 7.82. The number of benzene rings is 3. The summed E-state index contributed by atoms with van der Waals surface area (Å²) >= 11 is 18.6. The molecule has 0 spiro atoms. The lowest BCUT2D eigenvalue weighted by molar-refractivity contribution is -0.118. The van der Waals surface area contributed by atoms with E-state index in [2.05, 4.69) is 5.32 Å². The summed E-state index contributed by atoms with van der Waals surface area (Å²) in [6.07, 6.45) is 1.79. The van der Waals surface area contributed by atoms with E-state index in [1.807, 2.05) is 44.2 Å². The molecule has 0 bridgehead atoms. The maximum absolute atomic E-state index is 13.0. The van der Waals surface area contributed by atoms with Crippen LogP contribution in [-0.4, -0.2) is 22.7 Å². The normalized spacial score (nSPS) is 14.5. The van der Waals surface area contributed by atoms with Gasteiger partial charge in [0.25, 0.3) is 11.8 Å². The molecule has 1 fully saturated rings. The number of hydrogen-bond donors (Lipinski definition) is 1. The zero-order valence-corrected chi connectivity index (χ0v) is 21.9. The number of anilines is 2. The summed E-state index contributed by atoms with van der Waals surface area (Å²) in [5.41, 5.74) is 4.37. The third kappa shape index (κ3) is 6.05. The van der Waals surface area contributed by atoms with Crippen molar-refractivity contribution in [1.29, 1.82) is 0 Å². The molecule has 4 rings (SSSR count). The summed E-state index contributed by atoms with van der Waals surface area (Å²) in [4.78, 5) is 27.3. The van der Waals surface area contributed by atoms with E-state index in [-0.39, 0.29) is 18.4 Å². The first-order chi connectivity index (χ1) is 16.7. The van der Waals surface area contributed by atoms with Crippen molar-refractivity contribution >= 4 is 80.8 Å². The number of rotatable bonds is 6. The Bertz CT molecular complexity index is 1360. The largest absolute Gasteiger partial charge is 0.484 e. The van der Waals surface area contributed by atoms with Crippen molar-refractivity contribution in [2.75, 3.05) is 16.8 Å². The van der Waals surface area contributed by atoms with Crippen molar-refractivity contribution in [1.82, 2.24) is 0 Å². The van der Waals surface area contributed by atoms with Crippen LogP contribution in [0, 0.1) is 13.8 Å². The first-order valence-corrected chi connectivity index (χ1v) is 12.5. The molecule has 1 aliphatic heterocycles. The molecule has 3 aromatic rings. The lowest BCUT2D eigenvalue weighted by Crippen LogP contribution is -2.27. The molecule has 3 aromatic carbocycles. The number of carbonyl (C=O) groups excluding carboxylic acids is 2. The van der Waals surface area contributed by atoms with Crippen LogP contribution in [-0.2, 0) is 9.59 Å². The molecule has 9 heteroatoms. The Labute approximate surface area is 223 Å². The van der Waals surface area contributed by atoms with Crippen molar-refractivity contribution in [3.05, 3.63) is 92.3 Å². The van der Waals surface area contributed by atoms with Crippen LogP contribution in [0.4, 0.5) is 11.4 Å². The number of aryl methyl sites for hydroxylation is 2. The van der Waals surface area contributed by atoms with Crippen LogP contribution in [0.2, 0.25) is 10.0 Å². The fourth-order valence-corrected chi connectivity index (χ4v) is 4.88. The fourth-order valence-electron chi connectivity index (χ4n) is 3.29. The molecule has 0 aromatic heterocycles. The third-order valence-electron chi connectivity index (χ3n) is 5.29. The lowest BCUT2D eigenvalue weighted by atomic mass is 10.1. The number of thioether (sulfide) groups is 1. The van der Waals surface area contributed by atoms with Crippen LogP contribution >= 0.6 is 47.2 Å². The van der Waals surface area contributed by atoms with Crippen LogP contribution < -0.4 is 15.0 Å². The number of nitrogens with zero attached hydrogens (tertiary/aromatic N) is 1. The monoisotopic (exact) mass is 542 g/mol. The highest BCUT2D eigenvalue weighted by molar-refractivity contribution is 8.27. The Morgan fingerprint density at radius 1 is 1.03 bits per heavy atom. The number of carbonyl (C=O) groups is 2. The average molecular weight is 543 g/mol. The molecule has 1 N–H and O–H groups in total. The Balaban J connectivity index is 1.37. The number of nitrogens with one attached hydrogen (secondary N) is 1. The molecule has 178 valence electrons. The molecule has 0 saturated carbocycles. The number of thiocarbonyl (C=S) groups is 1. The third-order valence-corrected chi connectivity index (χ3v) is 7.33. The van der Waals surface area contributed by atoms with Crippen LogP contribution in [0.25, 0.3) is 6.08 Å². The van der Waals surface area contributed by atoms with Gasteiger partial charge in [-0.25, -0.2) is 0 Å². The number of hydrogen-bond acceptors (Lipinski definition) is 5. The number of ether oxygens (including phenoxy) is 1. The highest BCUT2D eigenvalue weighted by atomic mass is 35.5. The summed E-state index contributed by atoms with van der Waals surface area (Å²) in [6.45, 7) is 3.86. The number of amides is 2. The topological polar surface area (TPSA) is 58.6 Å². The van der Waals surface area contributed by atoms with E-state index in [0.717, 1.165) is 22.4 Å². The molecule has 2 amide bonds. The summed E-state index contributed by atoms with van der Waals surface area (Å²) in [5, 5.41) is 3.46. The second-order valence-corrected chi connectivity index (χ2v) is 10.3. The zero-order chi connectivity index (χ0) is 25.1. The summed E-state index contributed by atoms with van der Waals surface area (Å²) in [6, 6.07) is 17.8. The number of halogens is 2. The quantitative estimate of drug-likeness (QED) is 0.267. The minimum Gasteiger partial charge on any atom is -0.484 e. The molecule has 1 aliphatic rings. The first kappa shape index (κ1) is 25.3. The van der Waals surface area contributed by atoms with Crippen LogP contribution in [0.5, 0.6) is 5.75 Å². The van der Waals surface area contributed by atoms with E-state index in [1.54, 1.807) is 41.3 Å². The van der Waals surface area contributed by atoms with Gasteiger partial charge in [0, 0.05) is 5.69 Å². The van der Waals surface area contributed by atoms with Gasteiger partial charge in [0.2, 0.25) is 0 Å². The van der Waals surface area contributed by atoms with Gasteiger partial charge < -0.3 is 10.1 Å². The second kappa shape index (κ2) is 10.8. The van der Waals surface area contributed by atoms with Crippen molar-refractivity contribution < 1.29 is 14.3 Å². The van der Waals surface area contributed by atoms with Crippen molar-refractivity contribution in [2.24, 2.45) is 0 Å². The van der Waals surface area contributed by atoms with E-state index in [1.165, 1.54) is 11.8 Å². The van der Waals surface area contributed by atoms with E-state index >= 15 is 0 Å². The SMILES string of the molecule is Cc1ccc(N2C(=O)/C(=C/c3ccc(OCC(=O)Nc4ccc(Cl)c(Cl)c4)cc3)SC2=S)cc1C. The molecule has 0 aliphatic carbocycles. The maximum atomic E-state index is 13.0.